The van der Waals surface area contributed by atoms with Crippen molar-refractivity contribution in [3.05, 3.63) is 65.0 Å². The van der Waals surface area contributed by atoms with Gasteiger partial charge < -0.3 is 4.42 Å². The normalized spacial score (nSPS) is 20.5. The highest BCUT2D eigenvalue weighted by Crippen LogP contribution is 2.50. The van der Waals surface area contributed by atoms with Crippen molar-refractivity contribution in [2.75, 3.05) is 0 Å². The average Bonchev–Trinajstić information content (AvgIpc) is 3.28. The molecule has 0 spiro atoms. The average molecular weight is 337 g/mol. The SMILES string of the molecule is N#C[C@H](C(=O)[C@@H]1C[C@H]1c1cccc(Cl)c1)c1nc2ccccc2o1. The van der Waals surface area contributed by atoms with Crippen molar-refractivity contribution in [1.82, 2.24) is 4.98 Å². The molecule has 0 unspecified atom stereocenters. The van der Waals surface area contributed by atoms with Gasteiger partial charge in [-0.1, -0.05) is 35.9 Å². The molecule has 0 aliphatic heterocycles. The maximum absolute atomic E-state index is 12.7. The highest BCUT2D eigenvalue weighted by molar-refractivity contribution is 6.30. The number of nitriles is 1. The van der Waals surface area contributed by atoms with E-state index in [9.17, 15) is 10.1 Å². The molecule has 118 valence electrons. The van der Waals surface area contributed by atoms with E-state index in [0.29, 0.717) is 16.1 Å². The number of benzene rings is 2. The minimum atomic E-state index is -0.966. The van der Waals surface area contributed by atoms with Crippen LogP contribution in [0, 0.1) is 17.2 Å². The Morgan fingerprint density at radius 2 is 2.12 bits per heavy atom. The van der Waals surface area contributed by atoms with E-state index in [4.69, 9.17) is 16.0 Å². The number of hydrogen-bond donors (Lipinski definition) is 0. The Morgan fingerprint density at radius 3 is 2.88 bits per heavy atom. The summed E-state index contributed by atoms with van der Waals surface area (Å²) < 4.78 is 5.60. The van der Waals surface area contributed by atoms with Crippen LogP contribution in [0.15, 0.2) is 52.9 Å². The number of ketones is 1. The molecule has 2 aromatic carbocycles. The van der Waals surface area contributed by atoms with Gasteiger partial charge in [-0.2, -0.15) is 5.26 Å². The Bertz CT molecular complexity index is 940. The summed E-state index contributed by atoms with van der Waals surface area (Å²) in [6.45, 7) is 0. The van der Waals surface area contributed by atoms with Crippen LogP contribution in [-0.2, 0) is 4.79 Å². The van der Waals surface area contributed by atoms with Crippen molar-refractivity contribution in [2.45, 2.75) is 18.3 Å². The number of nitrogens with zero attached hydrogens (tertiary/aromatic N) is 2. The molecule has 1 aliphatic rings. The van der Waals surface area contributed by atoms with Crippen molar-refractivity contribution in [3.8, 4) is 6.07 Å². The number of hydrogen-bond acceptors (Lipinski definition) is 4. The first-order chi connectivity index (χ1) is 11.7. The fourth-order valence-electron chi connectivity index (χ4n) is 3.08. The van der Waals surface area contributed by atoms with Crippen molar-refractivity contribution in [3.63, 3.8) is 0 Å². The molecule has 4 rings (SSSR count). The molecular formula is C19H13ClN2O2. The minimum absolute atomic E-state index is 0.122. The zero-order valence-corrected chi connectivity index (χ0v) is 13.4. The van der Waals surface area contributed by atoms with Crippen molar-refractivity contribution >= 4 is 28.5 Å². The molecule has 4 nitrogen and oxygen atoms in total. The van der Waals surface area contributed by atoms with Crippen molar-refractivity contribution < 1.29 is 9.21 Å². The van der Waals surface area contributed by atoms with E-state index in [1.165, 1.54) is 0 Å². The molecule has 0 amide bonds. The van der Waals surface area contributed by atoms with Gasteiger partial charge in [-0.15, -0.1) is 0 Å². The highest BCUT2D eigenvalue weighted by atomic mass is 35.5. The van der Waals surface area contributed by atoms with Gasteiger partial charge in [0.1, 0.15) is 5.52 Å². The highest BCUT2D eigenvalue weighted by Gasteiger charge is 2.47. The lowest BCUT2D eigenvalue weighted by Crippen LogP contribution is -2.14. The Morgan fingerprint density at radius 1 is 1.29 bits per heavy atom. The van der Waals surface area contributed by atoms with Crippen LogP contribution < -0.4 is 0 Å². The van der Waals surface area contributed by atoms with Crippen LogP contribution in [0.1, 0.15) is 29.7 Å². The van der Waals surface area contributed by atoms with Crippen LogP contribution in [0.25, 0.3) is 11.1 Å². The molecule has 1 heterocycles. The topological polar surface area (TPSA) is 66.9 Å². The number of rotatable bonds is 4. The summed E-state index contributed by atoms with van der Waals surface area (Å²) in [4.78, 5) is 17.0. The molecule has 1 saturated carbocycles. The Balaban J connectivity index is 1.58. The van der Waals surface area contributed by atoms with E-state index in [2.05, 4.69) is 11.1 Å². The van der Waals surface area contributed by atoms with Gasteiger partial charge in [-0.3, -0.25) is 4.79 Å². The number of carbonyl (C=O) groups excluding carboxylic acids is 1. The van der Waals surface area contributed by atoms with E-state index < -0.39 is 5.92 Å². The van der Waals surface area contributed by atoms with Crippen LogP contribution >= 0.6 is 11.6 Å². The van der Waals surface area contributed by atoms with Crippen molar-refractivity contribution in [2.24, 2.45) is 5.92 Å². The molecule has 0 N–H and O–H groups in total. The van der Waals surface area contributed by atoms with Gasteiger partial charge in [0.05, 0.1) is 6.07 Å². The molecule has 0 saturated heterocycles. The lowest BCUT2D eigenvalue weighted by atomic mass is 9.99. The molecule has 0 radical (unpaired) electrons. The molecule has 0 bridgehead atoms. The first kappa shape index (κ1) is 14.9. The molecule has 1 aliphatic carbocycles. The predicted molar refractivity (Wildman–Crippen MR) is 89.7 cm³/mol. The third kappa shape index (κ3) is 2.57. The van der Waals surface area contributed by atoms with Gasteiger partial charge in [0.15, 0.2) is 17.3 Å². The summed E-state index contributed by atoms with van der Waals surface area (Å²) in [6.07, 6.45) is 0.734. The molecule has 24 heavy (non-hydrogen) atoms. The van der Waals surface area contributed by atoms with E-state index in [-0.39, 0.29) is 23.5 Å². The largest absolute Gasteiger partial charge is 0.439 e. The van der Waals surface area contributed by atoms with Crippen LogP contribution in [0.5, 0.6) is 0 Å². The maximum Gasteiger partial charge on any atom is 0.220 e. The third-order valence-electron chi connectivity index (χ3n) is 4.40. The second-order valence-corrected chi connectivity index (χ2v) is 6.42. The molecule has 3 aromatic rings. The minimum Gasteiger partial charge on any atom is -0.439 e. The zero-order chi connectivity index (χ0) is 16.7. The molecule has 1 fully saturated rings. The zero-order valence-electron chi connectivity index (χ0n) is 12.6. The second kappa shape index (κ2) is 5.77. The smallest absolute Gasteiger partial charge is 0.220 e. The van der Waals surface area contributed by atoms with Gasteiger partial charge in [-0.05, 0) is 42.2 Å². The fourth-order valence-corrected chi connectivity index (χ4v) is 3.28. The van der Waals surface area contributed by atoms with E-state index >= 15 is 0 Å². The lowest BCUT2D eigenvalue weighted by molar-refractivity contribution is -0.121. The summed E-state index contributed by atoms with van der Waals surface area (Å²) in [5.41, 5.74) is 2.28. The van der Waals surface area contributed by atoms with Crippen LogP contribution in [-0.4, -0.2) is 10.8 Å². The molecule has 1 aromatic heterocycles. The van der Waals surface area contributed by atoms with Gasteiger partial charge in [0.2, 0.25) is 5.89 Å². The molecule has 5 heteroatoms. The van der Waals surface area contributed by atoms with E-state index in [1.54, 1.807) is 18.2 Å². The number of carbonyl (C=O) groups is 1. The molecule has 3 atom stereocenters. The first-order valence-corrected chi connectivity index (χ1v) is 8.09. The number of para-hydroxylation sites is 2. The van der Waals surface area contributed by atoms with Crippen LogP contribution in [0.4, 0.5) is 0 Å². The lowest BCUT2D eigenvalue weighted by Gasteiger charge is -2.04. The van der Waals surface area contributed by atoms with Gasteiger partial charge >= 0.3 is 0 Å². The third-order valence-corrected chi connectivity index (χ3v) is 4.64. The number of halogens is 1. The fraction of sp³-hybridized carbons (Fsp3) is 0.211. The van der Waals surface area contributed by atoms with Gasteiger partial charge in [-0.25, -0.2) is 4.98 Å². The summed E-state index contributed by atoms with van der Waals surface area (Å²) >= 11 is 6.01. The maximum atomic E-state index is 12.7. The predicted octanol–water partition coefficient (Wildman–Crippen LogP) is 4.46. The standard InChI is InChI=1S/C19H13ClN2O2/c20-12-5-3-4-11(8-12)13-9-14(13)18(23)15(10-21)19-22-16-6-1-2-7-17(16)24-19/h1-8,13-15H,9H2/t13-,14+,15+/m0/s1. The number of fused-ring (bicyclic) bond motifs is 1. The Labute approximate surface area is 143 Å². The first-order valence-electron chi connectivity index (χ1n) is 7.71. The Kier molecular flexibility index (Phi) is 3.59. The second-order valence-electron chi connectivity index (χ2n) is 5.99. The van der Waals surface area contributed by atoms with E-state index in [0.717, 1.165) is 12.0 Å². The van der Waals surface area contributed by atoms with E-state index in [1.807, 2.05) is 30.3 Å². The summed E-state index contributed by atoms with van der Waals surface area (Å²) in [7, 11) is 0. The van der Waals surface area contributed by atoms with Crippen LogP contribution in [0.2, 0.25) is 5.02 Å². The Hall–Kier alpha value is -2.64. The monoisotopic (exact) mass is 336 g/mol. The van der Waals surface area contributed by atoms with Crippen LogP contribution in [0.3, 0.4) is 0 Å². The summed E-state index contributed by atoms with van der Waals surface area (Å²) in [5.74, 6) is -0.972. The van der Waals surface area contributed by atoms with Crippen molar-refractivity contribution in [1.29, 1.82) is 5.26 Å². The summed E-state index contributed by atoms with van der Waals surface area (Å²) in [5, 5.41) is 10.1. The van der Waals surface area contributed by atoms with Gasteiger partial charge in [0, 0.05) is 10.9 Å². The number of oxazole rings is 1. The quantitative estimate of drug-likeness (QED) is 0.705. The summed E-state index contributed by atoms with van der Waals surface area (Å²) in [6, 6.07) is 16.8. The number of aromatic nitrogens is 1. The molecular weight excluding hydrogens is 324 g/mol. The number of Topliss-reactive ketones (excluding diaryl/α,β-unsaturated/α-hetero) is 1. The van der Waals surface area contributed by atoms with Gasteiger partial charge in [0.25, 0.3) is 0 Å².